The molecule has 1 heterocycles. The molecule has 3 rings (SSSR count). The number of hydrogen-bond donors (Lipinski definition) is 1. The van der Waals surface area contributed by atoms with Gasteiger partial charge in [0.1, 0.15) is 5.82 Å². The fourth-order valence-corrected chi connectivity index (χ4v) is 2.67. The summed E-state index contributed by atoms with van der Waals surface area (Å²) in [5.74, 6) is -1.65. The highest BCUT2D eigenvalue weighted by Crippen LogP contribution is 2.16. The summed E-state index contributed by atoms with van der Waals surface area (Å²) in [6.07, 6.45) is 0. The molecule has 1 aliphatic heterocycles. The molecule has 0 unspecified atom stereocenters. The number of amides is 2. The lowest BCUT2D eigenvalue weighted by atomic mass is 10.2. The Labute approximate surface area is 139 Å². The quantitative estimate of drug-likeness (QED) is 0.860. The van der Waals surface area contributed by atoms with Crippen molar-refractivity contribution in [1.29, 1.82) is 0 Å². The number of hydrogen-bond acceptors (Lipinski definition) is 3. The van der Waals surface area contributed by atoms with Crippen molar-refractivity contribution >= 4 is 23.2 Å². The summed E-state index contributed by atoms with van der Waals surface area (Å²) < 4.78 is 12.9. The highest BCUT2D eigenvalue weighted by Gasteiger charge is 2.26. The monoisotopic (exact) mass is 327 g/mol. The molecule has 0 radical (unpaired) electrons. The van der Waals surface area contributed by atoms with Crippen LogP contribution in [0.15, 0.2) is 54.6 Å². The topological polar surface area (TPSA) is 52.7 Å². The second kappa shape index (κ2) is 7.12. The van der Waals surface area contributed by atoms with Crippen LogP contribution in [0, 0.1) is 5.82 Å². The molecule has 2 amide bonds. The van der Waals surface area contributed by atoms with Crippen molar-refractivity contribution in [2.75, 3.05) is 36.4 Å². The number of para-hydroxylation sites is 1. The molecule has 1 saturated heterocycles. The summed E-state index contributed by atoms with van der Waals surface area (Å²) in [5, 5.41) is 2.50. The third kappa shape index (κ3) is 3.71. The fraction of sp³-hybridized carbons (Fsp3) is 0.222. The number of piperazine rings is 1. The second-order valence-electron chi connectivity index (χ2n) is 5.58. The SMILES string of the molecule is O=C(Nc1ccc(F)cc1)C(=O)N1CCN(c2ccccc2)CC1. The van der Waals surface area contributed by atoms with Crippen molar-refractivity contribution in [1.82, 2.24) is 4.90 Å². The molecule has 0 aromatic heterocycles. The van der Waals surface area contributed by atoms with Crippen LogP contribution in [0.3, 0.4) is 0 Å². The number of anilines is 2. The number of nitrogens with one attached hydrogen (secondary N) is 1. The van der Waals surface area contributed by atoms with E-state index in [2.05, 4.69) is 10.2 Å². The van der Waals surface area contributed by atoms with Crippen LogP contribution in [-0.2, 0) is 9.59 Å². The molecule has 24 heavy (non-hydrogen) atoms. The maximum atomic E-state index is 12.9. The number of halogens is 1. The van der Waals surface area contributed by atoms with E-state index in [-0.39, 0.29) is 0 Å². The van der Waals surface area contributed by atoms with Crippen LogP contribution >= 0.6 is 0 Å². The molecular formula is C18H18FN3O2. The fourth-order valence-electron chi connectivity index (χ4n) is 2.67. The van der Waals surface area contributed by atoms with E-state index in [1.54, 1.807) is 0 Å². The van der Waals surface area contributed by atoms with Gasteiger partial charge in [-0.15, -0.1) is 0 Å². The lowest BCUT2D eigenvalue weighted by Crippen LogP contribution is -2.51. The molecule has 6 heteroatoms. The number of nitrogens with zero attached hydrogens (tertiary/aromatic N) is 2. The largest absolute Gasteiger partial charge is 0.368 e. The number of carbonyl (C=O) groups excluding carboxylic acids is 2. The summed E-state index contributed by atoms with van der Waals surface area (Å²) in [4.78, 5) is 28.0. The first-order chi connectivity index (χ1) is 11.6. The van der Waals surface area contributed by atoms with E-state index >= 15 is 0 Å². The number of benzene rings is 2. The Kier molecular flexibility index (Phi) is 4.74. The van der Waals surface area contributed by atoms with E-state index in [1.165, 1.54) is 29.2 Å². The van der Waals surface area contributed by atoms with Crippen molar-refractivity contribution in [2.24, 2.45) is 0 Å². The van der Waals surface area contributed by atoms with E-state index in [9.17, 15) is 14.0 Å². The molecule has 0 spiro atoms. The predicted molar refractivity (Wildman–Crippen MR) is 90.3 cm³/mol. The van der Waals surface area contributed by atoms with Crippen LogP contribution < -0.4 is 10.2 Å². The molecule has 1 N–H and O–H groups in total. The average Bonchev–Trinajstić information content (AvgIpc) is 2.64. The molecular weight excluding hydrogens is 309 g/mol. The molecule has 2 aromatic rings. The van der Waals surface area contributed by atoms with Gasteiger partial charge >= 0.3 is 11.8 Å². The highest BCUT2D eigenvalue weighted by atomic mass is 19.1. The van der Waals surface area contributed by atoms with Gasteiger partial charge in [0.05, 0.1) is 0 Å². The lowest BCUT2D eigenvalue weighted by Gasteiger charge is -2.35. The Morgan fingerprint density at radius 1 is 0.875 bits per heavy atom. The van der Waals surface area contributed by atoms with Crippen molar-refractivity contribution < 1.29 is 14.0 Å². The first-order valence-electron chi connectivity index (χ1n) is 7.79. The van der Waals surface area contributed by atoms with E-state index in [0.717, 1.165) is 5.69 Å². The summed E-state index contributed by atoms with van der Waals surface area (Å²) >= 11 is 0. The summed E-state index contributed by atoms with van der Waals surface area (Å²) in [7, 11) is 0. The normalized spacial score (nSPS) is 14.4. The second-order valence-corrected chi connectivity index (χ2v) is 5.58. The Hall–Kier alpha value is -2.89. The smallest absolute Gasteiger partial charge is 0.313 e. The van der Waals surface area contributed by atoms with Crippen molar-refractivity contribution in [3.8, 4) is 0 Å². The maximum Gasteiger partial charge on any atom is 0.313 e. The zero-order valence-corrected chi connectivity index (χ0v) is 13.1. The Bertz CT molecular complexity index is 711. The Morgan fingerprint density at radius 3 is 2.12 bits per heavy atom. The Morgan fingerprint density at radius 2 is 1.50 bits per heavy atom. The Balaban J connectivity index is 1.54. The van der Waals surface area contributed by atoms with Crippen LogP contribution in [0.25, 0.3) is 0 Å². The summed E-state index contributed by atoms with van der Waals surface area (Å²) in [6.45, 7) is 2.34. The van der Waals surface area contributed by atoms with E-state index in [0.29, 0.717) is 31.9 Å². The lowest BCUT2D eigenvalue weighted by molar-refractivity contribution is -0.143. The van der Waals surface area contributed by atoms with Crippen LogP contribution in [-0.4, -0.2) is 42.9 Å². The van der Waals surface area contributed by atoms with Gasteiger partial charge in [-0.1, -0.05) is 18.2 Å². The highest BCUT2D eigenvalue weighted by molar-refractivity contribution is 6.39. The van der Waals surface area contributed by atoms with Crippen LogP contribution in [0.5, 0.6) is 0 Å². The van der Waals surface area contributed by atoms with Gasteiger partial charge in [0.15, 0.2) is 0 Å². The van der Waals surface area contributed by atoms with E-state index in [4.69, 9.17) is 0 Å². The van der Waals surface area contributed by atoms with Gasteiger partial charge < -0.3 is 15.1 Å². The molecule has 0 saturated carbocycles. The molecule has 124 valence electrons. The zero-order valence-electron chi connectivity index (χ0n) is 13.1. The molecule has 0 atom stereocenters. The van der Waals surface area contributed by atoms with Crippen LogP contribution in [0.1, 0.15) is 0 Å². The van der Waals surface area contributed by atoms with Crippen LogP contribution in [0.2, 0.25) is 0 Å². The zero-order chi connectivity index (χ0) is 16.9. The van der Waals surface area contributed by atoms with Gasteiger partial charge in [-0.2, -0.15) is 0 Å². The van der Waals surface area contributed by atoms with Gasteiger partial charge in [-0.3, -0.25) is 9.59 Å². The standard InChI is InChI=1S/C18H18FN3O2/c19-14-6-8-15(9-7-14)20-17(23)18(24)22-12-10-21(11-13-22)16-4-2-1-3-5-16/h1-9H,10-13H2,(H,20,23). The average molecular weight is 327 g/mol. The number of rotatable bonds is 2. The molecule has 5 nitrogen and oxygen atoms in total. The molecule has 1 aliphatic rings. The van der Waals surface area contributed by atoms with E-state index in [1.807, 2.05) is 30.3 Å². The minimum Gasteiger partial charge on any atom is -0.368 e. The van der Waals surface area contributed by atoms with Crippen molar-refractivity contribution in [3.05, 3.63) is 60.4 Å². The summed E-state index contributed by atoms with van der Waals surface area (Å²) in [6, 6.07) is 15.3. The van der Waals surface area contributed by atoms with Gasteiger partial charge in [0, 0.05) is 37.6 Å². The summed E-state index contributed by atoms with van der Waals surface area (Å²) in [5.41, 5.74) is 1.51. The molecule has 0 aliphatic carbocycles. The first-order valence-corrected chi connectivity index (χ1v) is 7.79. The van der Waals surface area contributed by atoms with Crippen molar-refractivity contribution in [3.63, 3.8) is 0 Å². The third-order valence-corrected chi connectivity index (χ3v) is 3.98. The molecule has 0 bridgehead atoms. The van der Waals surface area contributed by atoms with Gasteiger partial charge in [0.25, 0.3) is 0 Å². The predicted octanol–water partition coefficient (Wildman–Crippen LogP) is 2.11. The third-order valence-electron chi connectivity index (χ3n) is 3.98. The van der Waals surface area contributed by atoms with Gasteiger partial charge in [-0.25, -0.2) is 4.39 Å². The maximum absolute atomic E-state index is 12.9. The molecule has 1 fully saturated rings. The van der Waals surface area contributed by atoms with Gasteiger partial charge in [0.2, 0.25) is 0 Å². The molecule has 2 aromatic carbocycles. The minimum absolute atomic E-state index is 0.392. The van der Waals surface area contributed by atoms with Gasteiger partial charge in [-0.05, 0) is 36.4 Å². The van der Waals surface area contributed by atoms with Crippen LogP contribution in [0.4, 0.5) is 15.8 Å². The first kappa shape index (κ1) is 16.0. The minimum atomic E-state index is -0.699. The number of carbonyl (C=O) groups is 2. The van der Waals surface area contributed by atoms with E-state index < -0.39 is 17.6 Å². The van der Waals surface area contributed by atoms with Crippen molar-refractivity contribution in [2.45, 2.75) is 0 Å².